The number of allylic oxidation sites excluding steroid dienone is 4. The van der Waals surface area contributed by atoms with E-state index in [1.807, 2.05) is 6.08 Å². The Bertz CT molecular complexity index is 627. The number of halogens is 1. The molecule has 1 aromatic carbocycles. The van der Waals surface area contributed by atoms with Gasteiger partial charge in [0.05, 0.1) is 0 Å². The molecule has 1 saturated carbocycles. The quantitative estimate of drug-likeness (QED) is 0.310. The van der Waals surface area contributed by atoms with Crippen molar-refractivity contribution in [1.82, 2.24) is 0 Å². The van der Waals surface area contributed by atoms with Gasteiger partial charge < -0.3 is 0 Å². The van der Waals surface area contributed by atoms with Crippen LogP contribution in [0.1, 0.15) is 75.8 Å². The Balaban J connectivity index is 1.61. The fourth-order valence-corrected chi connectivity index (χ4v) is 4.05. The number of unbranched alkanes of at least 4 members (excludes halogenated alkanes) is 1. The highest BCUT2D eigenvalue weighted by atomic mass is 19.1. The molecule has 0 aromatic heterocycles. The average molecular weight is 368 g/mol. The molecule has 1 aliphatic carbocycles. The van der Waals surface area contributed by atoms with E-state index >= 15 is 0 Å². The number of benzene rings is 1. The molecule has 0 saturated heterocycles. The maximum atomic E-state index is 12.7. The Morgan fingerprint density at radius 3 is 2.22 bits per heavy atom. The minimum absolute atomic E-state index is 0.720. The summed E-state index contributed by atoms with van der Waals surface area (Å²) in [5, 5.41) is 8.35. The van der Waals surface area contributed by atoms with Crippen LogP contribution in [0.2, 0.25) is 0 Å². The summed E-state index contributed by atoms with van der Waals surface area (Å²) in [6.07, 6.45) is 18.7. The van der Waals surface area contributed by atoms with Crippen molar-refractivity contribution < 1.29 is 4.39 Å². The van der Waals surface area contributed by atoms with Gasteiger partial charge in [0, 0.05) is 0 Å². The molecule has 2 rings (SSSR count). The zero-order valence-electron chi connectivity index (χ0n) is 16.8. The normalized spacial score (nSPS) is 20.7. The van der Waals surface area contributed by atoms with E-state index in [-0.39, 0.29) is 0 Å². The predicted octanol–water partition coefficient (Wildman–Crippen LogP) is 7.48. The van der Waals surface area contributed by atoms with Gasteiger partial charge in [0.25, 0.3) is 0 Å². The molecule has 1 nitrogen and oxygen atoms in total. The van der Waals surface area contributed by atoms with Gasteiger partial charge in [-0.1, -0.05) is 75.4 Å². The Labute approximate surface area is 165 Å². The summed E-state index contributed by atoms with van der Waals surface area (Å²) in [6.45, 7) is 2.25. The highest BCUT2D eigenvalue weighted by Gasteiger charge is 2.20. The van der Waals surface area contributed by atoms with Crippen LogP contribution in [0.15, 0.2) is 48.3 Å². The first kappa shape index (κ1) is 21.4. The monoisotopic (exact) mass is 367 g/mol. The number of nitriles is 1. The summed E-state index contributed by atoms with van der Waals surface area (Å²) < 4.78 is 12.7. The van der Waals surface area contributed by atoms with E-state index in [1.165, 1.54) is 87.5 Å². The van der Waals surface area contributed by atoms with Crippen molar-refractivity contribution in [3.05, 3.63) is 59.4 Å². The number of hydrogen-bond donors (Lipinski definition) is 0. The van der Waals surface area contributed by atoms with Gasteiger partial charge in [-0.05, 0) is 67.6 Å². The molecule has 1 aliphatic rings. The third-order valence-corrected chi connectivity index (χ3v) is 5.88. The van der Waals surface area contributed by atoms with E-state index in [0.29, 0.717) is 0 Å². The SMILES string of the molecule is CCCCc1ccc(CCC2CCC(CC/C=C/C=C(\F)C#N)CC2)cc1. The van der Waals surface area contributed by atoms with E-state index < -0.39 is 5.83 Å². The lowest BCUT2D eigenvalue weighted by Crippen LogP contribution is -2.15. The van der Waals surface area contributed by atoms with Crippen LogP contribution in [0.5, 0.6) is 0 Å². The second-order valence-corrected chi connectivity index (χ2v) is 7.98. The Hall–Kier alpha value is -1.88. The van der Waals surface area contributed by atoms with Crippen molar-refractivity contribution in [3.8, 4) is 6.07 Å². The van der Waals surface area contributed by atoms with Gasteiger partial charge in [0.15, 0.2) is 5.83 Å². The molecule has 0 aliphatic heterocycles. The van der Waals surface area contributed by atoms with Crippen LogP contribution in [-0.2, 0) is 12.8 Å². The molecule has 0 heterocycles. The molecule has 0 atom stereocenters. The zero-order valence-corrected chi connectivity index (χ0v) is 16.8. The summed E-state index contributed by atoms with van der Waals surface area (Å²) in [4.78, 5) is 0. The lowest BCUT2D eigenvalue weighted by Gasteiger charge is -2.28. The third-order valence-electron chi connectivity index (χ3n) is 5.88. The van der Waals surface area contributed by atoms with Gasteiger partial charge in [0.2, 0.25) is 0 Å². The molecule has 27 heavy (non-hydrogen) atoms. The molecule has 0 spiro atoms. The number of rotatable bonds is 10. The highest BCUT2D eigenvalue weighted by Crippen LogP contribution is 2.34. The topological polar surface area (TPSA) is 23.8 Å². The Morgan fingerprint density at radius 2 is 1.63 bits per heavy atom. The number of aryl methyl sites for hydroxylation is 2. The van der Waals surface area contributed by atoms with Crippen molar-refractivity contribution in [2.24, 2.45) is 11.8 Å². The van der Waals surface area contributed by atoms with E-state index in [9.17, 15) is 4.39 Å². The van der Waals surface area contributed by atoms with Crippen molar-refractivity contribution in [3.63, 3.8) is 0 Å². The molecular weight excluding hydrogens is 333 g/mol. The first-order chi connectivity index (χ1) is 13.2. The maximum Gasteiger partial charge on any atom is 0.199 e. The van der Waals surface area contributed by atoms with Crippen LogP contribution >= 0.6 is 0 Å². The fourth-order valence-electron chi connectivity index (χ4n) is 4.05. The summed E-state index contributed by atoms with van der Waals surface area (Å²) in [7, 11) is 0. The van der Waals surface area contributed by atoms with Crippen molar-refractivity contribution in [2.45, 2.75) is 77.6 Å². The standard InChI is InChI=1S/C25H34FN/c1-2-3-7-21-10-14-23(15-11-21)18-19-24-16-12-22(13-17-24)8-5-4-6-9-25(26)20-27/h4,6,9-11,14-15,22,24H,2-3,5,7-8,12-13,16-19H2,1H3/b6-4+,25-9-. The molecular formula is C25H34FN. The average Bonchev–Trinajstić information content (AvgIpc) is 2.72. The van der Waals surface area contributed by atoms with Gasteiger partial charge in [0.1, 0.15) is 6.07 Å². The minimum atomic E-state index is -0.720. The first-order valence-electron chi connectivity index (χ1n) is 10.7. The van der Waals surface area contributed by atoms with E-state index in [2.05, 4.69) is 31.2 Å². The van der Waals surface area contributed by atoms with Crippen LogP contribution in [0.4, 0.5) is 4.39 Å². The van der Waals surface area contributed by atoms with Gasteiger partial charge in [-0.15, -0.1) is 0 Å². The summed E-state index contributed by atoms with van der Waals surface area (Å²) in [5.41, 5.74) is 2.96. The molecule has 1 aromatic rings. The van der Waals surface area contributed by atoms with Gasteiger partial charge in [-0.25, -0.2) is 0 Å². The predicted molar refractivity (Wildman–Crippen MR) is 112 cm³/mol. The van der Waals surface area contributed by atoms with Crippen molar-refractivity contribution >= 4 is 0 Å². The maximum absolute atomic E-state index is 12.7. The fraction of sp³-hybridized carbons (Fsp3) is 0.560. The second kappa shape index (κ2) is 12.5. The van der Waals surface area contributed by atoms with Crippen LogP contribution < -0.4 is 0 Å². The molecule has 0 N–H and O–H groups in total. The number of nitrogens with zero attached hydrogens (tertiary/aromatic N) is 1. The van der Waals surface area contributed by atoms with E-state index in [4.69, 9.17) is 5.26 Å². The highest BCUT2D eigenvalue weighted by molar-refractivity contribution is 5.22. The molecule has 0 radical (unpaired) electrons. The molecule has 146 valence electrons. The number of hydrogen-bond acceptors (Lipinski definition) is 1. The van der Waals surface area contributed by atoms with Gasteiger partial charge >= 0.3 is 0 Å². The van der Waals surface area contributed by atoms with Crippen LogP contribution in [0.25, 0.3) is 0 Å². The lowest BCUT2D eigenvalue weighted by molar-refractivity contribution is 0.254. The largest absolute Gasteiger partial charge is 0.199 e. The van der Waals surface area contributed by atoms with Crippen LogP contribution in [0, 0.1) is 23.2 Å². The van der Waals surface area contributed by atoms with Crippen molar-refractivity contribution in [2.75, 3.05) is 0 Å². The molecule has 1 fully saturated rings. The smallest absolute Gasteiger partial charge is 0.195 e. The molecule has 0 amide bonds. The van der Waals surface area contributed by atoms with Gasteiger partial charge in [-0.3, -0.25) is 0 Å². The zero-order chi connectivity index (χ0) is 19.3. The van der Waals surface area contributed by atoms with Gasteiger partial charge in [-0.2, -0.15) is 9.65 Å². The lowest BCUT2D eigenvalue weighted by atomic mass is 9.78. The summed E-state index contributed by atoms with van der Waals surface area (Å²) in [6, 6.07) is 10.8. The third kappa shape index (κ3) is 8.57. The second-order valence-electron chi connectivity index (χ2n) is 7.98. The Morgan fingerprint density at radius 1 is 1.04 bits per heavy atom. The minimum Gasteiger partial charge on any atom is -0.195 e. The van der Waals surface area contributed by atoms with E-state index in [0.717, 1.165) is 18.3 Å². The van der Waals surface area contributed by atoms with Crippen molar-refractivity contribution in [1.29, 1.82) is 5.26 Å². The van der Waals surface area contributed by atoms with Crippen LogP contribution in [-0.4, -0.2) is 0 Å². The molecule has 0 bridgehead atoms. The first-order valence-corrected chi connectivity index (χ1v) is 10.7. The molecule has 0 unspecified atom stereocenters. The summed E-state index contributed by atoms with van der Waals surface area (Å²) in [5.74, 6) is 0.972. The van der Waals surface area contributed by atoms with Crippen LogP contribution in [0.3, 0.4) is 0 Å². The summed E-state index contributed by atoms with van der Waals surface area (Å²) >= 11 is 0. The Kier molecular flexibility index (Phi) is 9.91. The molecule has 2 heteroatoms. The van der Waals surface area contributed by atoms with E-state index in [1.54, 1.807) is 6.08 Å².